The van der Waals surface area contributed by atoms with Crippen LogP contribution in [0.25, 0.3) is 0 Å². The van der Waals surface area contributed by atoms with E-state index in [0.29, 0.717) is 6.54 Å². The molecule has 1 aliphatic carbocycles. The third kappa shape index (κ3) is 3.65. The van der Waals surface area contributed by atoms with Crippen LogP contribution in [0.3, 0.4) is 0 Å². The number of hydrogen-bond donors (Lipinski definition) is 2. The van der Waals surface area contributed by atoms with Gasteiger partial charge in [-0.15, -0.1) is 0 Å². The third-order valence-corrected chi connectivity index (χ3v) is 4.83. The summed E-state index contributed by atoms with van der Waals surface area (Å²) in [6, 6.07) is 15.7. The minimum Gasteiger partial charge on any atom is -0.385 e. The van der Waals surface area contributed by atoms with Gasteiger partial charge in [-0.05, 0) is 43.0 Å². The van der Waals surface area contributed by atoms with Crippen LogP contribution in [0, 0.1) is 5.82 Å². The first-order valence-electron chi connectivity index (χ1n) is 8.22. The topological polar surface area (TPSA) is 49.3 Å². The highest BCUT2D eigenvalue weighted by Crippen LogP contribution is 2.47. The molecule has 0 spiro atoms. The Labute approximate surface area is 141 Å². The maximum Gasteiger partial charge on any atom is 0.223 e. The first kappa shape index (κ1) is 16.7. The smallest absolute Gasteiger partial charge is 0.223 e. The molecule has 1 fully saturated rings. The summed E-state index contributed by atoms with van der Waals surface area (Å²) >= 11 is 0. The van der Waals surface area contributed by atoms with Crippen molar-refractivity contribution in [1.82, 2.24) is 5.32 Å². The van der Waals surface area contributed by atoms with E-state index in [0.717, 1.165) is 24.0 Å². The lowest BCUT2D eigenvalue weighted by atomic mass is 9.91. The van der Waals surface area contributed by atoms with Crippen LogP contribution < -0.4 is 5.32 Å². The van der Waals surface area contributed by atoms with Crippen molar-refractivity contribution in [3.63, 3.8) is 0 Å². The quantitative estimate of drug-likeness (QED) is 0.855. The van der Waals surface area contributed by atoms with Crippen LogP contribution in [0.4, 0.5) is 4.39 Å². The fourth-order valence-corrected chi connectivity index (χ4v) is 3.06. The standard InChI is InChI=1S/C20H22FNO2/c1-19(24,15-5-3-2-4-6-15)13-18(23)22-14-20(11-12-20)16-7-9-17(21)10-8-16/h2-10,24H,11-14H2,1H3,(H,22,23). The fourth-order valence-electron chi connectivity index (χ4n) is 3.06. The van der Waals surface area contributed by atoms with E-state index in [2.05, 4.69) is 5.32 Å². The van der Waals surface area contributed by atoms with Crippen LogP contribution >= 0.6 is 0 Å². The molecule has 3 rings (SSSR count). The van der Waals surface area contributed by atoms with Crippen molar-refractivity contribution in [1.29, 1.82) is 0 Å². The summed E-state index contributed by atoms with van der Waals surface area (Å²) in [5.74, 6) is -0.435. The number of carbonyl (C=O) groups is 1. The molecule has 126 valence electrons. The lowest BCUT2D eigenvalue weighted by molar-refractivity contribution is -0.125. The second-order valence-electron chi connectivity index (χ2n) is 6.88. The molecule has 1 atom stereocenters. The minimum absolute atomic E-state index is 0.0104. The zero-order chi connectivity index (χ0) is 17.2. The number of carbonyl (C=O) groups excluding carboxylic acids is 1. The fraction of sp³-hybridized carbons (Fsp3) is 0.350. The first-order valence-corrected chi connectivity index (χ1v) is 8.22. The van der Waals surface area contributed by atoms with E-state index in [1.165, 1.54) is 12.1 Å². The summed E-state index contributed by atoms with van der Waals surface area (Å²) in [5, 5.41) is 13.5. The molecule has 3 nitrogen and oxygen atoms in total. The molecule has 0 aromatic heterocycles. The van der Waals surface area contributed by atoms with E-state index in [9.17, 15) is 14.3 Å². The number of aliphatic hydroxyl groups is 1. The Balaban J connectivity index is 1.59. The third-order valence-electron chi connectivity index (χ3n) is 4.83. The molecule has 24 heavy (non-hydrogen) atoms. The molecular formula is C20H22FNO2. The van der Waals surface area contributed by atoms with E-state index < -0.39 is 5.60 Å². The summed E-state index contributed by atoms with van der Waals surface area (Å²) in [5.41, 5.74) is 0.499. The summed E-state index contributed by atoms with van der Waals surface area (Å²) in [4.78, 5) is 12.3. The highest BCUT2D eigenvalue weighted by molar-refractivity contribution is 5.77. The Bertz CT molecular complexity index is 706. The van der Waals surface area contributed by atoms with Gasteiger partial charge >= 0.3 is 0 Å². The molecule has 0 radical (unpaired) electrons. The van der Waals surface area contributed by atoms with Crippen LogP contribution in [-0.2, 0) is 15.8 Å². The maximum absolute atomic E-state index is 13.1. The summed E-state index contributed by atoms with van der Waals surface area (Å²) in [6.45, 7) is 2.16. The molecule has 1 unspecified atom stereocenters. The molecule has 0 heterocycles. The molecule has 2 N–H and O–H groups in total. The highest BCUT2D eigenvalue weighted by atomic mass is 19.1. The SMILES string of the molecule is CC(O)(CC(=O)NCC1(c2ccc(F)cc2)CC1)c1ccccc1. The van der Waals surface area contributed by atoms with Crippen molar-refractivity contribution in [3.8, 4) is 0 Å². The second kappa shape index (κ2) is 6.36. The maximum atomic E-state index is 13.1. The van der Waals surface area contributed by atoms with Gasteiger partial charge in [-0.3, -0.25) is 4.79 Å². The molecular weight excluding hydrogens is 305 g/mol. The van der Waals surface area contributed by atoms with Gasteiger partial charge in [0.05, 0.1) is 12.0 Å². The predicted molar refractivity (Wildman–Crippen MR) is 91.0 cm³/mol. The van der Waals surface area contributed by atoms with Gasteiger partial charge in [0.15, 0.2) is 0 Å². The van der Waals surface area contributed by atoms with Crippen LogP contribution in [0.5, 0.6) is 0 Å². The molecule has 1 aliphatic rings. The lowest BCUT2D eigenvalue weighted by Gasteiger charge is -2.24. The minimum atomic E-state index is -1.20. The number of amides is 1. The average Bonchev–Trinajstić information content (AvgIpc) is 3.35. The van der Waals surface area contributed by atoms with Gasteiger partial charge in [0, 0.05) is 12.0 Å². The Kier molecular flexibility index (Phi) is 4.41. The van der Waals surface area contributed by atoms with E-state index in [-0.39, 0.29) is 23.6 Å². The number of hydrogen-bond acceptors (Lipinski definition) is 2. The van der Waals surface area contributed by atoms with Gasteiger partial charge in [-0.1, -0.05) is 42.5 Å². The lowest BCUT2D eigenvalue weighted by Crippen LogP contribution is -2.36. The normalized spacial score (nSPS) is 17.8. The zero-order valence-electron chi connectivity index (χ0n) is 13.8. The molecule has 2 aromatic rings. The molecule has 0 aliphatic heterocycles. The van der Waals surface area contributed by atoms with Gasteiger partial charge in [-0.25, -0.2) is 4.39 Å². The van der Waals surface area contributed by atoms with E-state index >= 15 is 0 Å². The monoisotopic (exact) mass is 327 g/mol. The van der Waals surface area contributed by atoms with E-state index in [1.807, 2.05) is 30.3 Å². The number of rotatable bonds is 6. The number of halogens is 1. The first-order chi connectivity index (χ1) is 11.4. The Morgan fingerprint density at radius 3 is 2.38 bits per heavy atom. The largest absolute Gasteiger partial charge is 0.385 e. The van der Waals surface area contributed by atoms with Gasteiger partial charge in [0.25, 0.3) is 0 Å². The zero-order valence-corrected chi connectivity index (χ0v) is 13.8. The highest BCUT2D eigenvalue weighted by Gasteiger charge is 2.44. The van der Waals surface area contributed by atoms with Crippen LogP contribution in [0.15, 0.2) is 54.6 Å². The molecule has 0 bridgehead atoms. The van der Waals surface area contributed by atoms with Crippen molar-refractivity contribution in [2.75, 3.05) is 6.54 Å². The van der Waals surface area contributed by atoms with Gasteiger partial charge in [0.2, 0.25) is 5.91 Å². The molecule has 1 saturated carbocycles. The van der Waals surface area contributed by atoms with Crippen molar-refractivity contribution in [2.24, 2.45) is 0 Å². The Morgan fingerprint density at radius 1 is 1.17 bits per heavy atom. The number of benzene rings is 2. The van der Waals surface area contributed by atoms with Crippen molar-refractivity contribution < 1.29 is 14.3 Å². The van der Waals surface area contributed by atoms with Crippen molar-refractivity contribution in [3.05, 3.63) is 71.5 Å². The molecule has 2 aromatic carbocycles. The van der Waals surface area contributed by atoms with E-state index in [1.54, 1.807) is 19.1 Å². The van der Waals surface area contributed by atoms with Crippen molar-refractivity contribution in [2.45, 2.75) is 37.2 Å². The Hall–Kier alpha value is -2.20. The molecule has 0 saturated heterocycles. The van der Waals surface area contributed by atoms with Gasteiger partial charge in [0.1, 0.15) is 5.82 Å². The van der Waals surface area contributed by atoms with Crippen LogP contribution in [-0.4, -0.2) is 17.6 Å². The number of nitrogens with one attached hydrogen (secondary N) is 1. The molecule has 1 amide bonds. The van der Waals surface area contributed by atoms with Crippen LogP contribution in [0.2, 0.25) is 0 Å². The van der Waals surface area contributed by atoms with Crippen LogP contribution in [0.1, 0.15) is 37.3 Å². The summed E-state index contributed by atoms with van der Waals surface area (Å²) in [6.07, 6.45) is 1.97. The molecule has 4 heteroatoms. The van der Waals surface area contributed by atoms with Gasteiger partial charge < -0.3 is 10.4 Å². The summed E-state index contributed by atoms with van der Waals surface area (Å²) < 4.78 is 13.1. The average molecular weight is 327 g/mol. The van der Waals surface area contributed by atoms with Gasteiger partial charge in [-0.2, -0.15) is 0 Å². The Morgan fingerprint density at radius 2 is 1.79 bits per heavy atom. The van der Waals surface area contributed by atoms with E-state index in [4.69, 9.17) is 0 Å². The predicted octanol–water partition coefficient (Wildman–Crippen LogP) is 3.27. The van der Waals surface area contributed by atoms with Crippen molar-refractivity contribution >= 4 is 5.91 Å². The summed E-state index contributed by atoms with van der Waals surface area (Å²) in [7, 11) is 0. The second-order valence-corrected chi connectivity index (χ2v) is 6.88.